The first-order valence-electron chi connectivity index (χ1n) is 6.80. The maximum Gasteiger partial charge on any atom is 0.326 e. The molecule has 5 nitrogen and oxygen atoms in total. The predicted octanol–water partition coefficient (Wildman–Crippen LogP) is 1.61. The molecule has 0 aromatic heterocycles. The van der Waals surface area contributed by atoms with E-state index in [9.17, 15) is 9.59 Å². The minimum atomic E-state index is -1.01. The van der Waals surface area contributed by atoms with Gasteiger partial charge in [-0.1, -0.05) is 34.6 Å². The molecular formula is C14H28N2O3. The molecule has 4 N–H and O–H groups in total. The topological polar surface area (TPSA) is 92.4 Å². The van der Waals surface area contributed by atoms with Crippen LogP contribution in [0.5, 0.6) is 0 Å². The molecule has 2 atom stereocenters. The number of hydrogen-bond donors (Lipinski definition) is 3. The van der Waals surface area contributed by atoms with Crippen LogP contribution in [0.15, 0.2) is 0 Å². The largest absolute Gasteiger partial charge is 0.480 e. The van der Waals surface area contributed by atoms with E-state index in [1.54, 1.807) is 20.8 Å². The molecule has 0 bridgehead atoms. The van der Waals surface area contributed by atoms with Crippen molar-refractivity contribution in [3.05, 3.63) is 0 Å². The zero-order chi connectivity index (χ0) is 15.2. The van der Waals surface area contributed by atoms with Gasteiger partial charge in [-0.3, -0.25) is 4.79 Å². The van der Waals surface area contributed by atoms with E-state index < -0.39 is 17.4 Å². The van der Waals surface area contributed by atoms with Crippen LogP contribution in [-0.2, 0) is 9.59 Å². The second-order valence-electron chi connectivity index (χ2n) is 6.64. The Balaban J connectivity index is 4.53. The number of nitrogens with one attached hydrogen (secondary N) is 1. The summed E-state index contributed by atoms with van der Waals surface area (Å²) in [6.07, 6.45) is 1.16. The van der Waals surface area contributed by atoms with Gasteiger partial charge in [0.25, 0.3) is 0 Å². The lowest BCUT2D eigenvalue weighted by Crippen LogP contribution is -2.49. The van der Waals surface area contributed by atoms with Crippen LogP contribution in [0.25, 0.3) is 0 Å². The molecule has 0 aliphatic rings. The summed E-state index contributed by atoms with van der Waals surface area (Å²) in [7, 11) is 0. The van der Waals surface area contributed by atoms with Gasteiger partial charge in [-0.15, -0.1) is 0 Å². The minimum Gasteiger partial charge on any atom is -0.480 e. The molecule has 1 amide bonds. The van der Waals surface area contributed by atoms with E-state index in [1.165, 1.54) is 0 Å². The van der Waals surface area contributed by atoms with E-state index in [2.05, 4.69) is 19.2 Å². The molecule has 5 heteroatoms. The first kappa shape index (κ1) is 17.9. The summed E-state index contributed by atoms with van der Waals surface area (Å²) in [5, 5.41) is 11.8. The van der Waals surface area contributed by atoms with Crippen molar-refractivity contribution >= 4 is 11.9 Å². The quantitative estimate of drug-likeness (QED) is 0.656. The van der Waals surface area contributed by atoms with Crippen LogP contribution in [0.2, 0.25) is 0 Å². The fourth-order valence-corrected chi connectivity index (χ4v) is 2.06. The lowest BCUT2D eigenvalue weighted by atomic mass is 9.86. The summed E-state index contributed by atoms with van der Waals surface area (Å²) >= 11 is 0. The van der Waals surface area contributed by atoms with E-state index in [-0.39, 0.29) is 18.2 Å². The molecule has 0 aromatic rings. The summed E-state index contributed by atoms with van der Waals surface area (Å²) in [5.41, 5.74) is 5.13. The average molecular weight is 272 g/mol. The molecule has 19 heavy (non-hydrogen) atoms. The molecule has 0 aliphatic heterocycles. The standard InChI is InChI=1S/C14H28N2O3/c1-9(2)6-10(8-15)7-11(17)16-12(13(18)19)14(3,4)5/h9-10,12H,6-8,15H2,1-5H3,(H,16,17)(H,18,19)/t10-,12+/m0/s1. The van der Waals surface area contributed by atoms with Crippen molar-refractivity contribution in [1.82, 2.24) is 5.32 Å². The second-order valence-corrected chi connectivity index (χ2v) is 6.64. The third kappa shape index (κ3) is 7.15. The molecule has 0 spiro atoms. The Hall–Kier alpha value is -1.10. The van der Waals surface area contributed by atoms with Gasteiger partial charge in [0, 0.05) is 6.42 Å². The van der Waals surface area contributed by atoms with Gasteiger partial charge >= 0.3 is 5.97 Å². The van der Waals surface area contributed by atoms with E-state index in [1.807, 2.05) is 0 Å². The predicted molar refractivity (Wildman–Crippen MR) is 75.6 cm³/mol. The molecule has 0 rings (SSSR count). The summed E-state index contributed by atoms with van der Waals surface area (Å²) < 4.78 is 0. The van der Waals surface area contributed by atoms with Crippen molar-refractivity contribution in [1.29, 1.82) is 0 Å². The van der Waals surface area contributed by atoms with Crippen molar-refractivity contribution in [2.45, 2.75) is 53.5 Å². The Kier molecular flexibility index (Phi) is 7.05. The molecule has 0 aromatic carbocycles. The third-order valence-corrected chi connectivity index (χ3v) is 3.03. The van der Waals surface area contributed by atoms with Crippen molar-refractivity contribution in [2.24, 2.45) is 23.0 Å². The Morgan fingerprint density at radius 3 is 2.11 bits per heavy atom. The molecule has 0 unspecified atom stereocenters. The molecule has 112 valence electrons. The number of carbonyl (C=O) groups excluding carboxylic acids is 1. The van der Waals surface area contributed by atoms with Crippen LogP contribution in [0.1, 0.15) is 47.5 Å². The highest BCUT2D eigenvalue weighted by Crippen LogP contribution is 2.20. The minimum absolute atomic E-state index is 0.106. The average Bonchev–Trinajstić information content (AvgIpc) is 2.22. The number of carbonyl (C=O) groups is 2. The molecular weight excluding hydrogens is 244 g/mol. The fourth-order valence-electron chi connectivity index (χ4n) is 2.06. The third-order valence-electron chi connectivity index (χ3n) is 3.03. The zero-order valence-corrected chi connectivity index (χ0v) is 12.7. The van der Waals surface area contributed by atoms with E-state index in [0.717, 1.165) is 6.42 Å². The first-order valence-corrected chi connectivity index (χ1v) is 6.80. The molecule has 0 saturated carbocycles. The molecule has 0 aliphatic carbocycles. The normalized spacial score (nSPS) is 15.1. The van der Waals surface area contributed by atoms with Crippen LogP contribution in [0, 0.1) is 17.3 Å². The highest BCUT2D eigenvalue weighted by atomic mass is 16.4. The fraction of sp³-hybridized carbons (Fsp3) is 0.857. The van der Waals surface area contributed by atoms with Crippen molar-refractivity contribution in [3.63, 3.8) is 0 Å². The summed E-state index contributed by atoms with van der Waals surface area (Å²) in [4.78, 5) is 23.1. The van der Waals surface area contributed by atoms with Gasteiger partial charge in [0.2, 0.25) is 5.91 Å². The van der Waals surface area contributed by atoms with Crippen molar-refractivity contribution in [2.75, 3.05) is 6.54 Å². The van der Waals surface area contributed by atoms with Gasteiger partial charge in [-0.2, -0.15) is 0 Å². The van der Waals surface area contributed by atoms with Gasteiger partial charge < -0.3 is 16.2 Å². The Morgan fingerprint density at radius 1 is 1.26 bits per heavy atom. The van der Waals surface area contributed by atoms with Gasteiger partial charge in [-0.05, 0) is 30.2 Å². The van der Waals surface area contributed by atoms with Gasteiger partial charge in [0.05, 0.1) is 0 Å². The van der Waals surface area contributed by atoms with E-state index in [0.29, 0.717) is 12.5 Å². The highest BCUT2D eigenvalue weighted by Gasteiger charge is 2.32. The number of amides is 1. The van der Waals surface area contributed by atoms with Crippen LogP contribution >= 0.6 is 0 Å². The number of carboxylic acid groups (broad SMARTS) is 1. The number of carboxylic acids is 1. The molecule has 0 heterocycles. The lowest BCUT2D eigenvalue weighted by Gasteiger charge is -2.28. The Labute approximate surface area is 115 Å². The van der Waals surface area contributed by atoms with Crippen molar-refractivity contribution in [3.8, 4) is 0 Å². The number of rotatable bonds is 7. The smallest absolute Gasteiger partial charge is 0.326 e. The Bertz CT molecular complexity index is 308. The van der Waals surface area contributed by atoms with Crippen LogP contribution in [0.4, 0.5) is 0 Å². The van der Waals surface area contributed by atoms with E-state index in [4.69, 9.17) is 10.8 Å². The number of aliphatic carboxylic acids is 1. The van der Waals surface area contributed by atoms with Crippen LogP contribution < -0.4 is 11.1 Å². The van der Waals surface area contributed by atoms with Gasteiger partial charge in [0.1, 0.15) is 6.04 Å². The number of nitrogens with two attached hydrogens (primary N) is 1. The molecule has 0 saturated heterocycles. The van der Waals surface area contributed by atoms with Crippen molar-refractivity contribution < 1.29 is 14.7 Å². The molecule has 0 radical (unpaired) electrons. The Morgan fingerprint density at radius 2 is 1.79 bits per heavy atom. The first-order chi connectivity index (χ1) is 8.57. The summed E-state index contributed by atoms with van der Waals surface area (Å²) in [6, 6.07) is -0.877. The van der Waals surface area contributed by atoms with Crippen LogP contribution in [0.3, 0.4) is 0 Å². The summed E-state index contributed by atoms with van der Waals surface area (Å²) in [6.45, 7) is 9.98. The van der Waals surface area contributed by atoms with Crippen LogP contribution in [-0.4, -0.2) is 29.6 Å². The van der Waals surface area contributed by atoms with Gasteiger partial charge in [0.15, 0.2) is 0 Å². The maximum absolute atomic E-state index is 11.9. The highest BCUT2D eigenvalue weighted by molar-refractivity contribution is 5.84. The SMILES string of the molecule is CC(C)C[C@H](CN)CC(=O)N[C@H](C(=O)O)C(C)(C)C. The van der Waals surface area contributed by atoms with Gasteiger partial charge in [-0.25, -0.2) is 4.79 Å². The monoisotopic (exact) mass is 272 g/mol. The lowest BCUT2D eigenvalue weighted by molar-refractivity contribution is -0.145. The maximum atomic E-state index is 11.9. The summed E-state index contributed by atoms with van der Waals surface area (Å²) in [5.74, 6) is -0.666. The molecule has 0 fully saturated rings. The zero-order valence-electron chi connectivity index (χ0n) is 12.7. The van der Waals surface area contributed by atoms with E-state index >= 15 is 0 Å². The number of hydrogen-bond acceptors (Lipinski definition) is 3. The second kappa shape index (κ2) is 7.48.